The van der Waals surface area contributed by atoms with Gasteiger partial charge < -0.3 is 20.4 Å². The number of nitrogens with zero attached hydrogens (tertiary/aromatic N) is 1. The van der Waals surface area contributed by atoms with Gasteiger partial charge in [-0.2, -0.15) is 0 Å². The lowest BCUT2D eigenvalue weighted by Gasteiger charge is -2.36. The first-order chi connectivity index (χ1) is 12.2. The van der Waals surface area contributed by atoms with Gasteiger partial charge in [-0.1, -0.05) is 19.3 Å². The van der Waals surface area contributed by atoms with E-state index in [9.17, 15) is 9.59 Å². The summed E-state index contributed by atoms with van der Waals surface area (Å²) in [6, 6.07) is 2.93. The molecule has 138 valence electrons. The summed E-state index contributed by atoms with van der Waals surface area (Å²) in [5.74, 6) is 0.482. The molecule has 6 nitrogen and oxygen atoms in total. The molecule has 2 atom stereocenters. The third-order valence-corrected chi connectivity index (χ3v) is 5.60. The predicted molar refractivity (Wildman–Crippen MR) is 94.9 cm³/mol. The molecule has 6 heteroatoms. The third kappa shape index (κ3) is 4.24. The first-order valence-electron chi connectivity index (χ1n) is 9.55. The zero-order valence-electron chi connectivity index (χ0n) is 14.8. The minimum Gasteiger partial charge on any atom is -0.459 e. The van der Waals surface area contributed by atoms with Crippen LogP contribution < -0.4 is 11.1 Å². The number of nitrogens with one attached hydrogen (secondary N) is 1. The molecule has 1 saturated heterocycles. The van der Waals surface area contributed by atoms with E-state index in [1.54, 1.807) is 17.0 Å². The number of hydrogen-bond donors (Lipinski definition) is 2. The molecule has 0 bridgehead atoms. The first-order valence-corrected chi connectivity index (χ1v) is 9.55. The van der Waals surface area contributed by atoms with Crippen LogP contribution in [0.1, 0.15) is 61.9 Å². The van der Waals surface area contributed by atoms with Crippen LogP contribution in [0.4, 0.5) is 0 Å². The fraction of sp³-hybridized carbons (Fsp3) is 0.684. The van der Waals surface area contributed by atoms with E-state index < -0.39 is 6.04 Å². The molecule has 2 unspecified atom stereocenters. The number of likely N-dealkylation sites (tertiary alicyclic amines) is 1. The highest BCUT2D eigenvalue weighted by molar-refractivity contribution is 5.95. The SMILES string of the molecule is NCC(NC(=O)C1CCCCN1C(=O)c1ccco1)C1CCCCC1. The molecular weight excluding hydrogens is 318 g/mol. The van der Waals surface area contributed by atoms with Crippen LogP contribution in [0.3, 0.4) is 0 Å². The predicted octanol–water partition coefficient (Wildman–Crippen LogP) is 2.30. The van der Waals surface area contributed by atoms with E-state index in [0.717, 1.165) is 25.7 Å². The van der Waals surface area contributed by atoms with Crippen molar-refractivity contribution in [1.82, 2.24) is 10.2 Å². The summed E-state index contributed by atoms with van der Waals surface area (Å²) < 4.78 is 5.23. The minimum absolute atomic E-state index is 0.00953. The van der Waals surface area contributed by atoms with Gasteiger partial charge >= 0.3 is 0 Å². The Morgan fingerprint density at radius 1 is 1.20 bits per heavy atom. The van der Waals surface area contributed by atoms with Crippen LogP contribution >= 0.6 is 0 Å². The van der Waals surface area contributed by atoms with E-state index >= 15 is 0 Å². The highest BCUT2D eigenvalue weighted by Gasteiger charge is 2.35. The molecule has 1 aromatic rings. The summed E-state index contributed by atoms with van der Waals surface area (Å²) in [5, 5.41) is 3.15. The van der Waals surface area contributed by atoms with Crippen molar-refractivity contribution in [2.75, 3.05) is 13.1 Å². The molecule has 2 fully saturated rings. The summed E-state index contributed by atoms with van der Waals surface area (Å²) in [7, 11) is 0. The van der Waals surface area contributed by atoms with Crippen LogP contribution in [0.2, 0.25) is 0 Å². The van der Waals surface area contributed by atoms with Crippen LogP contribution in [0.25, 0.3) is 0 Å². The summed E-state index contributed by atoms with van der Waals surface area (Å²) in [5.41, 5.74) is 5.94. The maximum atomic E-state index is 12.9. The molecule has 2 heterocycles. The second-order valence-electron chi connectivity index (χ2n) is 7.24. The molecule has 3 rings (SSSR count). The van der Waals surface area contributed by atoms with Crippen molar-refractivity contribution in [2.45, 2.75) is 63.5 Å². The van der Waals surface area contributed by atoms with Gasteiger partial charge in [0.25, 0.3) is 5.91 Å². The Hall–Kier alpha value is -1.82. The van der Waals surface area contributed by atoms with Crippen molar-refractivity contribution in [3.05, 3.63) is 24.2 Å². The van der Waals surface area contributed by atoms with Gasteiger partial charge in [0.15, 0.2) is 5.76 Å². The van der Waals surface area contributed by atoms with Gasteiger partial charge in [-0.25, -0.2) is 0 Å². The number of nitrogens with two attached hydrogens (primary N) is 1. The number of amides is 2. The Morgan fingerprint density at radius 3 is 2.64 bits per heavy atom. The standard InChI is InChI=1S/C19H29N3O3/c20-13-15(14-7-2-1-3-8-14)21-18(23)16-9-4-5-11-22(16)19(24)17-10-6-12-25-17/h6,10,12,14-16H,1-5,7-9,11,13,20H2,(H,21,23). The van der Waals surface area contributed by atoms with Gasteiger partial charge in [0.05, 0.1) is 6.26 Å². The summed E-state index contributed by atoms with van der Waals surface area (Å²) in [6.45, 7) is 1.05. The zero-order valence-corrected chi connectivity index (χ0v) is 14.8. The fourth-order valence-corrected chi connectivity index (χ4v) is 4.17. The Balaban J connectivity index is 1.66. The van der Waals surface area contributed by atoms with Crippen molar-refractivity contribution in [2.24, 2.45) is 11.7 Å². The molecule has 3 N–H and O–H groups in total. The van der Waals surface area contributed by atoms with E-state index in [0.29, 0.717) is 31.2 Å². The Bertz CT molecular complexity index is 566. The highest BCUT2D eigenvalue weighted by Crippen LogP contribution is 2.27. The topological polar surface area (TPSA) is 88.6 Å². The van der Waals surface area contributed by atoms with Crippen LogP contribution in [-0.2, 0) is 4.79 Å². The average molecular weight is 347 g/mol. The molecule has 0 radical (unpaired) electrons. The number of carbonyl (C=O) groups is 2. The summed E-state index contributed by atoms with van der Waals surface area (Å²) >= 11 is 0. The lowest BCUT2D eigenvalue weighted by Crippen LogP contribution is -2.56. The van der Waals surface area contributed by atoms with Crippen molar-refractivity contribution >= 4 is 11.8 Å². The zero-order chi connectivity index (χ0) is 17.6. The number of hydrogen-bond acceptors (Lipinski definition) is 4. The minimum atomic E-state index is -0.427. The van der Waals surface area contributed by atoms with Crippen molar-refractivity contribution in [1.29, 1.82) is 0 Å². The van der Waals surface area contributed by atoms with Gasteiger partial charge in [-0.3, -0.25) is 9.59 Å². The van der Waals surface area contributed by atoms with E-state index in [-0.39, 0.29) is 17.9 Å². The Labute approximate surface area is 149 Å². The van der Waals surface area contributed by atoms with Crippen LogP contribution in [0, 0.1) is 5.92 Å². The summed E-state index contributed by atoms with van der Waals surface area (Å²) in [4.78, 5) is 27.2. The number of rotatable bonds is 5. The molecule has 2 amide bonds. The number of carbonyl (C=O) groups excluding carboxylic acids is 2. The average Bonchev–Trinajstić information content (AvgIpc) is 3.21. The molecule has 1 aliphatic heterocycles. The first kappa shape index (κ1) is 18.0. The quantitative estimate of drug-likeness (QED) is 0.855. The number of furan rings is 1. The van der Waals surface area contributed by atoms with Gasteiger partial charge in [0, 0.05) is 19.1 Å². The summed E-state index contributed by atoms with van der Waals surface area (Å²) in [6.07, 6.45) is 10.0. The second-order valence-corrected chi connectivity index (χ2v) is 7.24. The van der Waals surface area contributed by atoms with Gasteiger partial charge in [0.2, 0.25) is 5.91 Å². The van der Waals surface area contributed by atoms with E-state index in [1.807, 2.05) is 0 Å². The maximum Gasteiger partial charge on any atom is 0.290 e. The maximum absolute atomic E-state index is 12.9. The molecule has 0 spiro atoms. The lowest BCUT2D eigenvalue weighted by atomic mass is 9.83. The lowest BCUT2D eigenvalue weighted by molar-refractivity contribution is -0.127. The molecule has 0 aromatic carbocycles. The van der Waals surface area contributed by atoms with Crippen molar-refractivity contribution in [3.8, 4) is 0 Å². The van der Waals surface area contributed by atoms with Crippen LogP contribution in [0.15, 0.2) is 22.8 Å². The molecule has 1 aromatic heterocycles. The molecule has 1 aliphatic carbocycles. The van der Waals surface area contributed by atoms with Gasteiger partial charge in [-0.05, 0) is 50.2 Å². The molecule has 25 heavy (non-hydrogen) atoms. The van der Waals surface area contributed by atoms with E-state index in [1.165, 1.54) is 25.5 Å². The van der Waals surface area contributed by atoms with E-state index in [4.69, 9.17) is 10.2 Å². The third-order valence-electron chi connectivity index (χ3n) is 5.60. The van der Waals surface area contributed by atoms with Crippen LogP contribution in [-0.4, -0.2) is 41.9 Å². The Kier molecular flexibility index (Phi) is 6.13. The van der Waals surface area contributed by atoms with E-state index in [2.05, 4.69) is 5.32 Å². The van der Waals surface area contributed by atoms with Crippen molar-refractivity contribution in [3.63, 3.8) is 0 Å². The van der Waals surface area contributed by atoms with Gasteiger partial charge in [-0.15, -0.1) is 0 Å². The molecule has 1 saturated carbocycles. The number of piperidine rings is 1. The highest BCUT2D eigenvalue weighted by atomic mass is 16.3. The normalized spacial score (nSPS) is 23.2. The van der Waals surface area contributed by atoms with Crippen molar-refractivity contribution < 1.29 is 14.0 Å². The fourth-order valence-electron chi connectivity index (χ4n) is 4.17. The monoisotopic (exact) mass is 347 g/mol. The smallest absolute Gasteiger partial charge is 0.290 e. The largest absolute Gasteiger partial charge is 0.459 e. The Morgan fingerprint density at radius 2 is 1.96 bits per heavy atom. The van der Waals surface area contributed by atoms with Gasteiger partial charge in [0.1, 0.15) is 6.04 Å². The molecule has 2 aliphatic rings. The molecular formula is C19H29N3O3. The van der Waals surface area contributed by atoms with Crippen LogP contribution in [0.5, 0.6) is 0 Å². The second kappa shape index (κ2) is 8.52.